The van der Waals surface area contributed by atoms with Gasteiger partial charge < -0.3 is 19.3 Å². The largest absolute Gasteiger partial charge is 0.424 e. The van der Waals surface area contributed by atoms with Crippen LogP contribution in [-0.2, 0) is 16.9 Å². The summed E-state index contributed by atoms with van der Waals surface area (Å²) in [6, 6.07) is 1.61. The number of alkyl halides is 3. The highest BCUT2D eigenvalue weighted by atomic mass is 19.4. The average Bonchev–Trinajstić information content (AvgIpc) is 3.24. The fraction of sp³-hybridized carbons (Fsp3) is 0.684. The first-order chi connectivity index (χ1) is 13.6. The first-order valence-corrected chi connectivity index (χ1v) is 9.89. The maximum Gasteiger partial charge on any atom is 0.424 e. The van der Waals surface area contributed by atoms with Gasteiger partial charge in [0.2, 0.25) is 5.60 Å². The highest BCUT2D eigenvalue weighted by molar-refractivity contribution is 5.62. The number of hydrogen-bond donors (Lipinski definition) is 1. The van der Waals surface area contributed by atoms with Crippen LogP contribution in [0.3, 0.4) is 0 Å². The van der Waals surface area contributed by atoms with E-state index >= 15 is 0 Å². The van der Waals surface area contributed by atoms with Crippen molar-refractivity contribution in [3.8, 4) is 11.4 Å². The summed E-state index contributed by atoms with van der Waals surface area (Å²) in [5.41, 5.74) is -1.43. The molecule has 7 nitrogen and oxygen atoms in total. The molecule has 2 fully saturated rings. The molecule has 10 heteroatoms. The second kappa shape index (κ2) is 5.98. The third-order valence-electron chi connectivity index (χ3n) is 6.66. The third-order valence-corrected chi connectivity index (χ3v) is 6.66. The Hall–Kier alpha value is -2.07. The molecule has 5 heterocycles. The number of fused-ring (bicyclic) bond motifs is 3. The van der Waals surface area contributed by atoms with Crippen molar-refractivity contribution < 1.29 is 23.0 Å². The van der Waals surface area contributed by atoms with E-state index in [1.807, 2.05) is 17.7 Å². The molecule has 1 spiro atoms. The summed E-state index contributed by atoms with van der Waals surface area (Å²) in [5, 5.41) is 14.9. The Bertz CT molecular complexity index is 934. The van der Waals surface area contributed by atoms with Gasteiger partial charge in [-0.1, -0.05) is 0 Å². The molecule has 0 amide bonds. The number of piperidine rings is 1. The normalized spacial score (nSPS) is 25.3. The summed E-state index contributed by atoms with van der Waals surface area (Å²) < 4.78 is 48.9. The Kier molecular flexibility index (Phi) is 3.90. The van der Waals surface area contributed by atoms with E-state index in [-0.39, 0.29) is 11.9 Å². The SMILES string of the molecule is C[C@H]1Cn2nc(N3CCC4(CC3)COC4)cc2-c2cnc([C@@](C)(O)C(F)(F)F)n21. The summed E-state index contributed by atoms with van der Waals surface area (Å²) in [5.74, 6) is 0.451. The lowest BCUT2D eigenvalue weighted by Crippen LogP contribution is -2.51. The molecule has 0 aromatic carbocycles. The van der Waals surface area contributed by atoms with Crippen molar-refractivity contribution in [3.05, 3.63) is 18.1 Å². The van der Waals surface area contributed by atoms with Crippen LogP contribution in [0, 0.1) is 5.41 Å². The summed E-state index contributed by atoms with van der Waals surface area (Å²) >= 11 is 0. The fourth-order valence-electron chi connectivity index (χ4n) is 4.61. The molecular weight excluding hydrogens is 387 g/mol. The zero-order valence-corrected chi connectivity index (χ0v) is 16.4. The zero-order valence-electron chi connectivity index (χ0n) is 16.4. The lowest BCUT2D eigenvalue weighted by Gasteiger charge is -2.47. The monoisotopic (exact) mass is 411 g/mol. The number of halogens is 3. The van der Waals surface area contributed by atoms with E-state index in [2.05, 4.69) is 9.88 Å². The molecule has 2 aromatic heterocycles. The van der Waals surface area contributed by atoms with Crippen LogP contribution < -0.4 is 4.90 Å². The van der Waals surface area contributed by atoms with Crippen LogP contribution in [0.25, 0.3) is 11.4 Å². The second-order valence-electron chi connectivity index (χ2n) is 8.81. The van der Waals surface area contributed by atoms with Crippen molar-refractivity contribution in [2.75, 3.05) is 31.2 Å². The first-order valence-electron chi connectivity index (χ1n) is 9.89. The van der Waals surface area contributed by atoms with Crippen molar-refractivity contribution >= 4 is 5.82 Å². The number of hydrogen-bond acceptors (Lipinski definition) is 5. The summed E-state index contributed by atoms with van der Waals surface area (Å²) in [6.07, 6.45) is -1.30. The molecule has 3 aliphatic heterocycles. The van der Waals surface area contributed by atoms with Crippen LogP contribution in [0.1, 0.15) is 38.6 Å². The number of rotatable bonds is 2. The quantitative estimate of drug-likeness (QED) is 0.823. The Morgan fingerprint density at radius 1 is 1.21 bits per heavy atom. The van der Waals surface area contributed by atoms with E-state index < -0.39 is 11.8 Å². The van der Waals surface area contributed by atoms with Crippen LogP contribution in [-0.4, -0.2) is 56.9 Å². The molecule has 0 radical (unpaired) electrons. The van der Waals surface area contributed by atoms with Gasteiger partial charge >= 0.3 is 6.18 Å². The van der Waals surface area contributed by atoms with Gasteiger partial charge in [0.1, 0.15) is 0 Å². The minimum absolute atomic E-state index is 0.312. The van der Waals surface area contributed by atoms with E-state index in [0.29, 0.717) is 17.7 Å². The highest BCUT2D eigenvalue weighted by Gasteiger charge is 2.55. The van der Waals surface area contributed by atoms with Crippen molar-refractivity contribution in [1.29, 1.82) is 0 Å². The van der Waals surface area contributed by atoms with Crippen LogP contribution in [0.15, 0.2) is 12.3 Å². The maximum atomic E-state index is 13.4. The molecule has 2 aromatic rings. The number of aromatic nitrogens is 4. The van der Waals surface area contributed by atoms with Crippen molar-refractivity contribution in [1.82, 2.24) is 19.3 Å². The molecule has 0 unspecified atom stereocenters. The molecule has 0 bridgehead atoms. The molecule has 0 saturated carbocycles. The van der Waals surface area contributed by atoms with Gasteiger partial charge in [-0.15, -0.1) is 0 Å². The van der Waals surface area contributed by atoms with Crippen molar-refractivity contribution in [2.45, 2.75) is 51.1 Å². The number of aliphatic hydroxyl groups is 1. The predicted molar refractivity (Wildman–Crippen MR) is 98.5 cm³/mol. The smallest absolute Gasteiger partial charge is 0.380 e. The standard InChI is InChI=1S/C19H24F3N5O2/c1-12-9-26-13(14-8-23-16(27(12)14)17(2,28)19(20,21)22)7-15(24-26)25-5-3-18(4-6-25)10-29-11-18/h7-8,12,28H,3-6,9-11H2,1-2H3/t12-,17+/m0/s1. The fourth-order valence-corrected chi connectivity index (χ4v) is 4.61. The Morgan fingerprint density at radius 2 is 1.90 bits per heavy atom. The summed E-state index contributed by atoms with van der Waals surface area (Å²) in [7, 11) is 0. The van der Waals surface area contributed by atoms with Crippen LogP contribution in [0.5, 0.6) is 0 Å². The van der Waals surface area contributed by atoms with Gasteiger partial charge in [0, 0.05) is 24.6 Å². The summed E-state index contributed by atoms with van der Waals surface area (Å²) in [6.45, 7) is 6.43. The zero-order chi connectivity index (χ0) is 20.6. The summed E-state index contributed by atoms with van der Waals surface area (Å²) in [4.78, 5) is 6.20. The number of ether oxygens (including phenoxy) is 1. The maximum absolute atomic E-state index is 13.4. The highest BCUT2D eigenvalue weighted by Crippen LogP contribution is 2.43. The van der Waals surface area contributed by atoms with Gasteiger partial charge in [-0.2, -0.15) is 18.3 Å². The van der Waals surface area contributed by atoms with Crippen molar-refractivity contribution in [2.24, 2.45) is 5.41 Å². The van der Waals surface area contributed by atoms with Gasteiger partial charge in [0.25, 0.3) is 0 Å². The molecule has 0 aliphatic carbocycles. The van der Waals surface area contributed by atoms with Gasteiger partial charge in [-0.05, 0) is 26.7 Å². The van der Waals surface area contributed by atoms with Crippen LogP contribution in [0.2, 0.25) is 0 Å². The molecule has 5 rings (SSSR count). The molecule has 2 atom stereocenters. The van der Waals surface area contributed by atoms with Crippen LogP contribution in [0.4, 0.5) is 19.0 Å². The van der Waals surface area contributed by atoms with Gasteiger partial charge in [-0.25, -0.2) is 4.98 Å². The number of nitrogens with zero attached hydrogens (tertiary/aromatic N) is 5. The molecule has 158 valence electrons. The lowest BCUT2D eigenvalue weighted by atomic mass is 9.77. The average molecular weight is 411 g/mol. The van der Waals surface area contributed by atoms with Gasteiger partial charge in [0.05, 0.1) is 43.4 Å². The van der Waals surface area contributed by atoms with Crippen molar-refractivity contribution in [3.63, 3.8) is 0 Å². The Labute approximate surface area is 166 Å². The number of imidazole rings is 1. The lowest BCUT2D eigenvalue weighted by molar-refractivity contribution is -0.262. The van der Waals surface area contributed by atoms with E-state index in [9.17, 15) is 18.3 Å². The second-order valence-corrected chi connectivity index (χ2v) is 8.81. The molecule has 1 N–H and O–H groups in total. The first kappa shape index (κ1) is 18.9. The third kappa shape index (κ3) is 2.72. The van der Waals surface area contributed by atoms with Gasteiger partial charge in [-0.3, -0.25) is 4.68 Å². The molecule has 29 heavy (non-hydrogen) atoms. The predicted octanol–water partition coefficient (Wildman–Crippen LogP) is 2.71. The molecular formula is C19H24F3N5O2. The Balaban J connectivity index is 1.47. The minimum Gasteiger partial charge on any atom is -0.380 e. The van der Waals surface area contributed by atoms with E-state index in [1.54, 1.807) is 0 Å². The van der Waals surface area contributed by atoms with E-state index in [0.717, 1.165) is 57.6 Å². The van der Waals surface area contributed by atoms with Gasteiger partial charge in [0.15, 0.2) is 11.6 Å². The topological polar surface area (TPSA) is 68.3 Å². The van der Waals surface area contributed by atoms with Crippen LogP contribution >= 0.6 is 0 Å². The number of anilines is 1. The Morgan fingerprint density at radius 3 is 2.48 bits per heavy atom. The molecule has 2 saturated heterocycles. The van der Waals surface area contributed by atoms with E-state index in [4.69, 9.17) is 9.84 Å². The molecule has 3 aliphatic rings. The minimum atomic E-state index is -4.81. The van der Waals surface area contributed by atoms with E-state index in [1.165, 1.54) is 10.8 Å².